The summed E-state index contributed by atoms with van der Waals surface area (Å²) in [5.74, 6) is -0.745. The fourth-order valence-corrected chi connectivity index (χ4v) is 2.90. The topological polar surface area (TPSA) is 93.2 Å². The van der Waals surface area contributed by atoms with Gasteiger partial charge in [0.1, 0.15) is 17.7 Å². The largest absolute Gasteiger partial charge is 0.375 e. The molecular formula is C17H22N4O3S. The maximum absolute atomic E-state index is 12.5. The second-order valence-corrected chi connectivity index (χ2v) is 6.97. The molecule has 0 radical (unpaired) electrons. The molecule has 0 spiro atoms. The molecule has 0 saturated heterocycles. The van der Waals surface area contributed by atoms with Gasteiger partial charge in [-0.2, -0.15) is 0 Å². The lowest BCUT2D eigenvalue weighted by molar-refractivity contribution is -0.129. The van der Waals surface area contributed by atoms with Crippen LogP contribution in [0.1, 0.15) is 19.4 Å². The van der Waals surface area contributed by atoms with Gasteiger partial charge in [0, 0.05) is 12.7 Å². The highest BCUT2D eigenvalue weighted by Crippen LogP contribution is 2.26. The minimum atomic E-state index is -0.672. The number of benzene rings is 1. The number of hydrogen-bond donors (Lipinski definition) is 2. The van der Waals surface area contributed by atoms with Gasteiger partial charge in [-0.05, 0) is 12.8 Å². The zero-order valence-corrected chi connectivity index (χ0v) is 15.5. The first kappa shape index (κ1) is 19.0. The van der Waals surface area contributed by atoms with Crippen molar-refractivity contribution in [3.05, 3.63) is 29.8 Å². The molecule has 0 aliphatic rings. The number of carbonyl (C=O) groups is 2. The van der Waals surface area contributed by atoms with Crippen molar-refractivity contribution in [2.24, 2.45) is 5.92 Å². The van der Waals surface area contributed by atoms with Crippen LogP contribution >= 0.6 is 11.3 Å². The molecule has 0 aliphatic carbocycles. The first-order valence-electron chi connectivity index (χ1n) is 7.90. The second kappa shape index (κ2) is 8.68. The summed E-state index contributed by atoms with van der Waals surface area (Å²) in [6.07, 6.45) is 0. The van der Waals surface area contributed by atoms with Gasteiger partial charge < -0.3 is 10.1 Å². The summed E-state index contributed by atoms with van der Waals surface area (Å²) in [5, 5.41) is 14.6. The van der Waals surface area contributed by atoms with Crippen molar-refractivity contribution in [1.82, 2.24) is 15.5 Å². The molecule has 134 valence electrons. The lowest BCUT2D eigenvalue weighted by atomic mass is 10.0. The highest BCUT2D eigenvalue weighted by atomic mass is 32.1. The number of hydrogen-bond acceptors (Lipinski definition) is 6. The van der Waals surface area contributed by atoms with Crippen molar-refractivity contribution in [3.8, 4) is 10.6 Å². The minimum Gasteiger partial charge on any atom is -0.375 e. The molecule has 2 amide bonds. The van der Waals surface area contributed by atoms with Crippen LogP contribution in [-0.4, -0.2) is 41.8 Å². The highest BCUT2D eigenvalue weighted by molar-refractivity contribution is 7.18. The summed E-state index contributed by atoms with van der Waals surface area (Å²) in [6, 6.07) is 7.24. The summed E-state index contributed by atoms with van der Waals surface area (Å²) < 4.78 is 4.78. The van der Waals surface area contributed by atoms with Crippen LogP contribution in [0.2, 0.25) is 0 Å². The van der Waals surface area contributed by atoms with Crippen LogP contribution in [0.5, 0.6) is 0 Å². The number of methoxy groups -OCH3 is 1. The fraction of sp³-hybridized carbons (Fsp3) is 0.412. The molecule has 1 aromatic carbocycles. The van der Waals surface area contributed by atoms with E-state index in [9.17, 15) is 9.59 Å². The van der Waals surface area contributed by atoms with Gasteiger partial charge >= 0.3 is 0 Å². The summed E-state index contributed by atoms with van der Waals surface area (Å²) >= 11 is 1.29. The Morgan fingerprint density at radius 3 is 2.48 bits per heavy atom. The predicted molar refractivity (Wildman–Crippen MR) is 97.4 cm³/mol. The normalized spacial score (nSPS) is 12.0. The molecule has 2 aromatic rings. The highest BCUT2D eigenvalue weighted by Gasteiger charge is 2.25. The lowest BCUT2D eigenvalue weighted by Crippen LogP contribution is -2.48. The van der Waals surface area contributed by atoms with Crippen LogP contribution in [0.4, 0.5) is 5.13 Å². The lowest BCUT2D eigenvalue weighted by Gasteiger charge is -2.20. The molecule has 7 nitrogen and oxygen atoms in total. The van der Waals surface area contributed by atoms with E-state index in [1.807, 2.05) is 45.0 Å². The van der Waals surface area contributed by atoms with Crippen molar-refractivity contribution < 1.29 is 14.3 Å². The van der Waals surface area contributed by atoms with Crippen molar-refractivity contribution >= 4 is 28.3 Å². The van der Waals surface area contributed by atoms with Crippen LogP contribution in [-0.2, 0) is 14.3 Å². The van der Waals surface area contributed by atoms with Gasteiger partial charge in [-0.15, -0.1) is 10.2 Å². The molecule has 25 heavy (non-hydrogen) atoms. The third-order valence-electron chi connectivity index (χ3n) is 3.49. The molecule has 1 atom stereocenters. The molecule has 1 aromatic heterocycles. The summed E-state index contributed by atoms with van der Waals surface area (Å²) in [7, 11) is 1.43. The quantitative estimate of drug-likeness (QED) is 0.788. The van der Waals surface area contributed by atoms with Crippen molar-refractivity contribution in [2.75, 3.05) is 19.0 Å². The molecule has 2 N–H and O–H groups in total. The molecular weight excluding hydrogens is 340 g/mol. The number of nitrogens with one attached hydrogen (secondary N) is 2. The van der Waals surface area contributed by atoms with E-state index in [4.69, 9.17) is 4.74 Å². The number of ether oxygens (including phenoxy) is 1. The maximum atomic E-state index is 12.5. The molecule has 1 unspecified atom stereocenters. The smallest absolute Gasteiger partial charge is 0.249 e. The van der Waals surface area contributed by atoms with E-state index in [1.54, 1.807) is 0 Å². The Kier molecular flexibility index (Phi) is 6.60. The van der Waals surface area contributed by atoms with E-state index in [2.05, 4.69) is 20.8 Å². The summed E-state index contributed by atoms with van der Waals surface area (Å²) in [5.41, 5.74) is 2.10. The van der Waals surface area contributed by atoms with Crippen LogP contribution in [0, 0.1) is 12.8 Å². The van der Waals surface area contributed by atoms with Crippen molar-refractivity contribution in [2.45, 2.75) is 26.8 Å². The maximum Gasteiger partial charge on any atom is 0.249 e. The monoisotopic (exact) mass is 362 g/mol. The van der Waals surface area contributed by atoms with E-state index in [1.165, 1.54) is 18.4 Å². The number of anilines is 1. The van der Waals surface area contributed by atoms with Crippen LogP contribution in [0.15, 0.2) is 24.3 Å². The molecule has 0 fully saturated rings. The zero-order valence-electron chi connectivity index (χ0n) is 14.7. The van der Waals surface area contributed by atoms with E-state index in [-0.39, 0.29) is 24.3 Å². The van der Waals surface area contributed by atoms with Gasteiger partial charge in [-0.1, -0.05) is 55.0 Å². The summed E-state index contributed by atoms with van der Waals surface area (Å²) in [6.45, 7) is 5.64. The average Bonchev–Trinajstić information content (AvgIpc) is 3.01. The summed E-state index contributed by atoms with van der Waals surface area (Å²) in [4.78, 5) is 24.1. The van der Waals surface area contributed by atoms with Crippen LogP contribution in [0.3, 0.4) is 0 Å². The first-order valence-corrected chi connectivity index (χ1v) is 8.72. The zero-order chi connectivity index (χ0) is 18.4. The molecule has 8 heteroatoms. The molecule has 0 saturated carbocycles. The number of aryl methyl sites for hydroxylation is 1. The third-order valence-corrected chi connectivity index (χ3v) is 4.38. The Bertz CT molecular complexity index is 728. The van der Waals surface area contributed by atoms with E-state index >= 15 is 0 Å². The Morgan fingerprint density at radius 2 is 1.88 bits per heavy atom. The Labute approximate surface area is 150 Å². The number of nitrogens with zero attached hydrogens (tertiary/aromatic N) is 2. The molecule has 2 rings (SSSR count). The SMILES string of the molecule is COCC(=O)NC(C(=O)Nc1nnc(-c2ccc(C)cc2)s1)C(C)C. The predicted octanol–water partition coefficient (Wildman–Crippen LogP) is 2.24. The standard InChI is InChI=1S/C17H22N4O3S/c1-10(2)14(18-13(22)9-24-4)15(23)19-17-21-20-16(25-17)12-7-5-11(3)6-8-12/h5-8,10,14H,9H2,1-4H3,(H,18,22)(H,19,21,23). The number of carbonyl (C=O) groups excluding carboxylic acids is 2. The second-order valence-electron chi connectivity index (χ2n) is 5.99. The van der Waals surface area contributed by atoms with Gasteiger partial charge in [0.2, 0.25) is 16.9 Å². The fourth-order valence-electron chi connectivity index (χ4n) is 2.15. The Balaban J connectivity index is 2.06. The van der Waals surface area contributed by atoms with Crippen LogP contribution < -0.4 is 10.6 Å². The minimum absolute atomic E-state index is 0.0784. The molecule has 0 bridgehead atoms. The Morgan fingerprint density at radius 1 is 1.20 bits per heavy atom. The van der Waals surface area contributed by atoms with Crippen molar-refractivity contribution in [1.29, 1.82) is 0 Å². The van der Waals surface area contributed by atoms with E-state index in [0.29, 0.717) is 5.13 Å². The van der Waals surface area contributed by atoms with E-state index in [0.717, 1.165) is 16.1 Å². The van der Waals surface area contributed by atoms with Crippen molar-refractivity contribution in [3.63, 3.8) is 0 Å². The van der Waals surface area contributed by atoms with Gasteiger partial charge in [0.15, 0.2) is 0 Å². The van der Waals surface area contributed by atoms with Gasteiger partial charge in [-0.3, -0.25) is 14.9 Å². The number of aromatic nitrogens is 2. The Hall–Kier alpha value is -2.32. The van der Waals surface area contributed by atoms with Gasteiger partial charge in [0.05, 0.1) is 0 Å². The van der Waals surface area contributed by atoms with Gasteiger partial charge in [0.25, 0.3) is 0 Å². The van der Waals surface area contributed by atoms with Crippen LogP contribution in [0.25, 0.3) is 10.6 Å². The first-order chi connectivity index (χ1) is 11.9. The number of rotatable bonds is 7. The third kappa shape index (κ3) is 5.33. The van der Waals surface area contributed by atoms with Gasteiger partial charge in [-0.25, -0.2) is 0 Å². The number of amides is 2. The molecule has 0 aliphatic heterocycles. The average molecular weight is 362 g/mol. The van der Waals surface area contributed by atoms with E-state index < -0.39 is 6.04 Å². The molecule has 1 heterocycles.